The van der Waals surface area contributed by atoms with E-state index in [2.05, 4.69) is 11.4 Å². The summed E-state index contributed by atoms with van der Waals surface area (Å²) < 4.78 is 19.8. The molecule has 1 saturated heterocycles. The molecule has 1 atom stereocenters. The zero-order chi connectivity index (χ0) is 12.4. The molecule has 1 fully saturated rings. The lowest BCUT2D eigenvalue weighted by atomic mass is 10.2. The quantitative estimate of drug-likeness (QED) is 0.915. The van der Waals surface area contributed by atoms with Gasteiger partial charge in [-0.1, -0.05) is 0 Å². The van der Waals surface area contributed by atoms with E-state index in [-0.39, 0.29) is 5.82 Å². The van der Waals surface area contributed by atoms with Crippen LogP contribution in [-0.4, -0.2) is 19.3 Å². The van der Waals surface area contributed by atoms with Crippen LogP contribution in [0.5, 0.6) is 0 Å². The average molecular weight is 265 g/mol. The van der Waals surface area contributed by atoms with E-state index in [4.69, 9.17) is 4.74 Å². The number of rotatable bonds is 4. The predicted molar refractivity (Wildman–Crippen MR) is 72.5 cm³/mol. The van der Waals surface area contributed by atoms with E-state index in [1.807, 2.05) is 6.07 Å². The molecule has 1 aliphatic rings. The third-order valence-electron chi connectivity index (χ3n) is 3.22. The van der Waals surface area contributed by atoms with Gasteiger partial charge in [-0.2, -0.15) is 0 Å². The summed E-state index contributed by atoms with van der Waals surface area (Å²) in [4.78, 5) is 1.24. The highest BCUT2D eigenvalue weighted by Gasteiger charge is 2.14. The number of benzene rings is 1. The van der Waals surface area contributed by atoms with E-state index in [9.17, 15) is 4.39 Å². The summed E-state index contributed by atoms with van der Waals surface area (Å²) in [5, 5.41) is 4.41. The smallest absolute Gasteiger partial charge is 0.123 e. The summed E-state index contributed by atoms with van der Waals surface area (Å²) in [6, 6.07) is 7.02. The Bertz CT molecular complexity index is 534. The molecule has 2 aromatic rings. The van der Waals surface area contributed by atoms with Crippen molar-refractivity contribution in [3.63, 3.8) is 0 Å². The van der Waals surface area contributed by atoms with E-state index in [0.29, 0.717) is 6.10 Å². The molecule has 4 heteroatoms. The molecule has 1 N–H and O–H groups in total. The number of ether oxygens (including phenoxy) is 1. The van der Waals surface area contributed by atoms with Crippen molar-refractivity contribution in [2.75, 3.05) is 13.2 Å². The Hall–Kier alpha value is -0.970. The Morgan fingerprint density at radius 1 is 1.39 bits per heavy atom. The molecule has 0 spiro atoms. The highest BCUT2D eigenvalue weighted by Crippen LogP contribution is 2.26. The van der Waals surface area contributed by atoms with E-state index in [0.717, 1.165) is 36.2 Å². The van der Waals surface area contributed by atoms with E-state index < -0.39 is 0 Å². The Balaban J connectivity index is 1.60. The molecular weight excluding hydrogens is 249 g/mol. The van der Waals surface area contributed by atoms with Crippen molar-refractivity contribution in [1.82, 2.24) is 5.32 Å². The summed E-state index contributed by atoms with van der Waals surface area (Å²) in [7, 11) is 0. The Kier molecular flexibility index (Phi) is 3.59. The fourth-order valence-electron chi connectivity index (χ4n) is 2.32. The van der Waals surface area contributed by atoms with Gasteiger partial charge in [-0.15, -0.1) is 11.3 Å². The van der Waals surface area contributed by atoms with Crippen molar-refractivity contribution in [2.24, 2.45) is 0 Å². The van der Waals surface area contributed by atoms with Gasteiger partial charge in [0.25, 0.3) is 0 Å². The number of fused-ring (bicyclic) bond motifs is 1. The molecule has 1 unspecified atom stereocenters. The van der Waals surface area contributed by atoms with Crippen molar-refractivity contribution >= 4 is 21.4 Å². The van der Waals surface area contributed by atoms with E-state index in [1.165, 1.54) is 17.4 Å². The van der Waals surface area contributed by atoms with Gasteiger partial charge in [0.15, 0.2) is 0 Å². The number of hydrogen-bond donors (Lipinski definition) is 1. The third-order valence-corrected chi connectivity index (χ3v) is 4.34. The molecule has 18 heavy (non-hydrogen) atoms. The number of nitrogens with one attached hydrogen (secondary N) is 1. The van der Waals surface area contributed by atoms with Gasteiger partial charge < -0.3 is 10.1 Å². The molecule has 96 valence electrons. The maximum Gasteiger partial charge on any atom is 0.123 e. The molecular formula is C14H16FNOS. The van der Waals surface area contributed by atoms with Crippen molar-refractivity contribution in [3.8, 4) is 0 Å². The fourth-order valence-corrected chi connectivity index (χ4v) is 3.33. The average Bonchev–Trinajstić information content (AvgIpc) is 2.97. The Morgan fingerprint density at radius 2 is 2.33 bits per heavy atom. The summed E-state index contributed by atoms with van der Waals surface area (Å²) in [6.45, 7) is 2.64. The summed E-state index contributed by atoms with van der Waals surface area (Å²) in [5.74, 6) is -0.167. The van der Waals surface area contributed by atoms with Crippen molar-refractivity contribution in [1.29, 1.82) is 0 Å². The van der Waals surface area contributed by atoms with Crippen LogP contribution in [-0.2, 0) is 11.3 Å². The molecule has 1 aliphatic heterocycles. The first-order valence-electron chi connectivity index (χ1n) is 6.31. The van der Waals surface area contributed by atoms with Gasteiger partial charge in [0.2, 0.25) is 0 Å². The predicted octanol–water partition coefficient (Wildman–Crippen LogP) is 3.31. The normalized spacial score (nSPS) is 19.7. The van der Waals surface area contributed by atoms with Crippen LogP contribution in [0.1, 0.15) is 17.7 Å². The number of hydrogen-bond acceptors (Lipinski definition) is 3. The van der Waals surface area contributed by atoms with E-state index in [1.54, 1.807) is 17.4 Å². The van der Waals surface area contributed by atoms with Crippen LogP contribution >= 0.6 is 11.3 Å². The molecule has 0 saturated carbocycles. The maximum atomic E-state index is 13.1. The van der Waals surface area contributed by atoms with Gasteiger partial charge in [0.1, 0.15) is 5.82 Å². The van der Waals surface area contributed by atoms with E-state index >= 15 is 0 Å². The zero-order valence-electron chi connectivity index (χ0n) is 10.1. The van der Waals surface area contributed by atoms with Gasteiger partial charge in [0.05, 0.1) is 6.10 Å². The van der Waals surface area contributed by atoms with Crippen LogP contribution in [0, 0.1) is 5.82 Å². The molecule has 3 rings (SSSR count). The van der Waals surface area contributed by atoms with Gasteiger partial charge >= 0.3 is 0 Å². The summed E-state index contributed by atoms with van der Waals surface area (Å²) >= 11 is 1.72. The van der Waals surface area contributed by atoms with Crippen molar-refractivity contribution < 1.29 is 9.13 Å². The number of halogens is 1. The van der Waals surface area contributed by atoms with Gasteiger partial charge in [0, 0.05) is 29.3 Å². The van der Waals surface area contributed by atoms with Crippen LogP contribution in [0.3, 0.4) is 0 Å². The second-order valence-electron chi connectivity index (χ2n) is 4.66. The SMILES string of the molecule is Fc1ccc2sc(CNCC3CCCO3)cc2c1. The molecule has 0 bridgehead atoms. The zero-order valence-corrected chi connectivity index (χ0v) is 10.9. The monoisotopic (exact) mass is 265 g/mol. The molecule has 0 amide bonds. The van der Waals surface area contributed by atoms with Crippen molar-refractivity contribution in [2.45, 2.75) is 25.5 Å². The largest absolute Gasteiger partial charge is 0.377 e. The summed E-state index contributed by atoms with van der Waals surface area (Å²) in [5.41, 5.74) is 0. The highest BCUT2D eigenvalue weighted by atomic mass is 32.1. The standard InChI is InChI=1S/C14H16FNOS/c15-11-3-4-14-10(6-11)7-13(18-14)9-16-8-12-2-1-5-17-12/h3-4,6-7,12,16H,1-2,5,8-9H2. The minimum atomic E-state index is -0.167. The van der Waals surface area contributed by atoms with Crippen LogP contribution < -0.4 is 5.32 Å². The molecule has 0 aliphatic carbocycles. The maximum absolute atomic E-state index is 13.1. The number of thiophene rings is 1. The van der Waals surface area contributed by atoms with Gasteiger partial charge in [-0.25, -0.2) is 4.39 Å². The van der Waals surface area contributed by atoms with Gasteiger partial charge in [-0.3, -0.25) is 0 Å². The highest BCUT2D eigenvalue weighted by molar-refractivity contribution is 7.19. The first-order chi connectivity index (χ1) is 8.81. The lowest BCUT2D eigenvalue weighted by Crippen LogP contribution is -2.25. The molecule has 1 aromatic carbocycles. The van der Waals surface area contributed by atoms with Crippen molar-refractivity contribution in [3.05, 3.63) is 35.0 Å². The topological polar surface area (TPSA) is 21.3 Å². The minimum Gasteiger partial charge on any atom is -0.377 e. The Labute approximate surface area is 110 Å². The molecule has 0 radical (unpaired) electrons. The molecule has 2 heterocycles. The summed E-state index contributed by atoms with van der Waals surface area (Å²) in [6.07, 6.45) is 2.70. The third kappa shape index (κ3) is 2.71. The Morgan fingerprint density at radius 3 is 3.17 bits per heavy atom. The first kappa shape index (κ1) is 12.1. The minimum absolute atomic E-state index is 0.167. The fraction of sp³-hybridized carbons (Fsp3) is 0.429. The lowest BCUT2D eigenvalue weighted by molar-refractivity contribution is 0.110. The van der Waals surface area contributed by atoms with Crippen LogP contribution in [0.4, 0.5) is 4.39 Å². The van der Waals surface area contributed by atoms with Crippen LogP contribution in [0.15, 0.2) is 24.3 Å². The second kappa shape index (κ2) is 5.34. The molecule has 2 nitrogen and oxygen atoms in total. The van der Waals surface area contributed by atoms with Crippen LogP contribution in [0.25, 0.3) is 10.1 Å². The molecule has 1 aromatic heterocycles. The van der Waals surface area contributed by atoms with Gasteiger partial charge in [-0.05, 0) is 42.5 Å². The second-order valence-corrected chi connectivity index (χ2v) is 5.83. The lowest BCUT2D eigenvalue weighted by Gasteiger charge is -2.09. The first-order valence-corrected chi connectivity index (χ1v) is 7.13. The van der Waals surface area contributed by atoms with Crippen LogP contribution in [0.2, 0.25) is 0 Å².